The Balaban J connectivity index is 1.15. The molecule has 0 radical (unpaired) electrons. The number of thiophene rings is 2. The molecule has 9 aromatic rings. The minimum Gasteiger partial charge on any atom is -0.309 e. The lowest BCUT2D eigenvalue weighted by molar-refractivity contribution is 0.592. The molecule has 0 amide bonds. The Morgan fingerprint density at radius 1 is 0.479 bits per heavy atom. The maximum Gasteiger partial charge on any atom is 0.172 e. The largest absolute Gasteiger partial charge is 0.309 e. The Hall–Kier alpha value is -5.37. The molecular formula is C42H25N2OPS2. The van der Waals surface area contributed by atoms with Gasteiger partial charge in [0.1, 0.15) is 0 Å². The van der Waals surface area contributed by atoms with E-state index in [2.05, 4.69) is 65.7 Å². The second-order valence-corrected chi connectivity index (χ2v) is 16.8. The zero-order valence-corrected chi connectivity index (χ0v) is 28.0. The Labute approximate surface area is 285 Å². The number of fused-ring (bicyclic) bond motifs is 6. The fourth-order valence-corrected chi connectivity index (χ4v) is 11.4. The first kappa shape index (κ1) is 28.8. The first-order valence-electron chi connectivity index (χ1n) is 15.6. The highest BCUT2D eigenvalue weighted by atomic mass is 32.1. The van der Waals surface area contributed by atoms with Crippen LogP contribution in [0.25, 0.3) is 62.6 Å². The fraction of sp³-hybridized carbons (Fsp3) is 0. The highest BCUT2D eigenvalue weighted by Gasteiger charge is 2.30. The molecule has 0 aliphatic carbocycles. The van der Waals surface area contributed by atoms with Gasteiger partial charge in [0.2, 0.25) is 0 Å². The van der Waals surface area contributed by atoms with Crippen molar-refractivity contribution in [3.8, 4) is 28.3 Å². The van der Waals surface area contributed by atoms with Gasteiger partial charge in [-0.05, 0) is 77.4 Å². The lowest BCUT2D eigenvalue weighted by Crippen LogP contribution is -2.25. The Morgan fingerprint density at radius 2 is 0.938 bits per heavy atom. The van der Waals surface area contributed by atoms with E-state index in [-0.39, 0.29) is 0 Å². The molecule has 0 spiro atoms. The molecule has 0 unspecified atom stereocenters. The first-order valence-corrected chi connectivity index (χ1v) is 18.9. The molecule has 0 atom stereocenters. The second-order valence-electron chi connectivity index (χ2n) is 11.9. The molecule has 0 saturated carbocycles. The van der Waals surface area contributed by atoms with Crippen LogP contribution < -0.4 is 15.9 Å². The second kappa shape index (κ2) is 11.4. The third-order valence-electron chi connectivity index (χ3n) is 9.06. The van der Waals surface area contributed by atoms with Crippen molar-refractivity contribution in [1.82, 2.24) is 4.98 Å². The van der Waals surface area contributed by atoms with Crippen molar-refractivity contribution in [3.63, 3.8) is 0 Å². The van der Waals surface area contributed by atoms with Crippen LogP contribution >= 0.6 is 29.8 Å². The average molecular weight is 669 g/mol. The van der Waals surface area contributed by atoms with Crippen molar-refractivity contribution >= 4 is 86.1 Å². The molecule has 0 aliphatic heterocycles. The van der Waals surface area contributed by atoms with Crippen molar-refractivity contribution in [1.29, 1.82) is 5.26 Å². The van der Waals surface area contributed by atoms with Crippen LogP contribution in [0.5, 0.6) is 0 Å². The van der Waals surface area contributed by atoms with E-state index in [9.17, 15) is 5.26 Å². The maximum absolute atomic E-state index is 15.0. The van der Waals surface area contributed by atoms with E-state index in [1.165, 1.54) is 35.0 Å². The van der Waals surface area contributed by atoms with E-state index in [1.54, 1.807) is 28.9 Å². The zero-order valence-electron chi connectivity index (χ0n) is 25.5. The molecule has 9 rings (SSSR count). The SMILES string of the molecule is N#Cc1ccc2sc3ccc(-c4ccc5sc6ccc(-c7cncc(P(=O)(c8ccccc8)c8ccccc8)c7)cc6c5c4)cc3c2c1. The highest BCUT2D eigenvalue weighted by Crippen LogP contribution is 2.44. The minimum absolute atomic E-state index is 0.679. The van der Waals surface area contributed by atoms with Crippen LogP contribution in [-0.4, -0.2) is 4.98 Å². The third-order valence-corrected chi connectivity index (χ3v) is 14.4. The quantitative estimate of drug-likeness (QED) is 0.172. The van der Waals surface area contributed by atoms with Gasteiger partial charge in [-0.2, -0.15) is 5.26 Å². The van der Waals surface area contributed by atoms with Crippen molar-refractivity contribution in [2.45, 2.75) is 0 Å². The number of pyridine rings is 1. The zero-order chi connectivity index (χ0) is 32.2. The van der Waals surface area contributed by atoms with E-state index in [1.807, 2.05) is 91.1 Å². The van der Waals surface area contributed by atoms with Crippen LogP contribution in [0.15, 0.2) is 152 Å². The molecular weight excluding hydrogens is 644 g/mol. The van der Waals surface area contributed by atoms with Crippen LogP contribution in [0.3, 0.4) is 0 Å². The number of nitrogens with zero attached hydrogens (tertiary/aromatic N) is 2. The van der Waals surface area contributed by atoms with Crippen molar-refractivity contribution < 1.29 is 4.57 Å². The van der Waals surface area contributed by atoms with Gasteiger partial charge >= 0.3 is 0 Å². The topological polar surface area (TPSA) is 53.8 Å². The lowest BCUT2D eigenvalue weighted by Gasteiger charge is -2.20. The van der Waals surface area contributed by atoms with Gasteiger partial charge < -0.3 is 4.57 Å². The number of hydrogen-bond acceptors (Lipinski definition) is 5. The van der Waals surface area contributed by atoms with E-state index in [4.69, 9.17) is 0 Å². The van der Waals surface area contributed by atoms with Crippen LogP contribution in [0.4, 0.5) is 0 Å². The Kier molecular flexibility index (Phi) is 6.85. The van der Waals surface area contributed by atoms with Gasteiger partial charge in [0, 0.05) is 74.2 Å². The van der Waals surface area contributed by atoms with Gasteiger partial charge in [-0.3, -0.25) is 4.98 Å². The Bertz CT molecular complexity index is 2730. The van der Waals surface area contributed by atoms with Crippen LogP contribution in [-0.2, 0) is 4.57 Å². The number of nitriles is 1. The number of benzene rings is 6. The number of aromatic nitrogens is 1. The minimum atomic E-state index is -3.15. The monoisotopic (exact) mass is 668 g/mol. The van der Waals surface area contributed by atoms with Crippen molar-refractivity contribution in [3.05, 3.63) is 157 Å². The van der Waals surface area contributed by atoms with Gasteiger partial charge in [0.15, 0.2) is 7.14 Å². The summed E-state index contributed by atoms with van der Waals surface area (Å²) in [6.07, 6.45) is 3.62. The summed E-state index contributed by atoms with van der Waals surface area (Å²) in [6.45, 7) is 0. The van der Waals surface area contributed by atoms with Crippen molar-refractivity contribution in [2.75, 3.05) is 0 Å². The van der Waals surface area contributed by atoms with Crippen LogP contribution in [0.1, 0.15) is 5.56 Å². The first-order chi connectivity index (χ1) is 23.6. The molecule has 0 bridgehead atoms. The van der Waals surface area contributed by atoms with Gasteiger partial charge in [-0.25, -0.2) is 0 Å². The fourth-order valence-electron chi connectivity index (χ4n) is 6.64. The summed E-state index contributed by atoms with van der Waals surface area (Å²) in [5.74, 6) is 0. The summed E-state index contributed by atoms with van der Waals surface area (Å²) >= 11 is 3.55. The standard InChI is InChI=1S/C42H25N2OPS2/c43-24-27-11-15-39-35(19-27)36-21-28(12-16-40(36)47-39)29-13-17-41-37(22-29)38-23-30(14-18-42(38)48-41)31-20-34(26-44-25-31)46(45,32-7-3-1-4-8-32)33-9-5-2-6-10-33/h1-23,25-26H. The summed E-state index contributed by atoms with van der Waals surface area (Å²) < 4.78 is 19.9. The lowest BCUT2D eigenvalue weighted by atomic mass is 9.99. The summed E-state index contributed by atoms with van der Waals surface area (Å²) in [6, 6.07) is 49.7. The normalized spacial score (nSPS) is 11.8. The van der Waals surface area contributed by atoms with Gasteiger partial charge in [0.05, 0.1) is 11.6 Å². The number of rotatable bonds is 5. The Morgan fingerprint density at radius 3 is 1.44 bits per heavy atom. The van der Waals surface area contributed by atoms with E-state index < -0.39 is 7.14 Å². The maximum atomic E-state index is 15.0. The highest BCUT2D eigenvalue weighted by molar-refractivity contribution is 7.85. The summed E-state index contributed by atoms with van der Waals surface area (Å²) in [5.41, 5.74) is 4.95. The average Bonchev–Trinajstić information content (AvgIpc) is 3.71. The summed E-state index contributed by atoms with van der Waals surface area (Å²) in [5, 5.41) is 16.5. The number of hydrogen-bond donors (Lipinski definition) is 0. The van der Waals surface area contributed by atoms with Crippen LogP contribution in [0.2, 0.25) is 0 Å². The van der Waals surface area contributed by atoms with E-state index >= 15 is 4.57 Å². The molecule has 3 heterocycles. The molecule has 6 heteroatoms. The molecule has 0 N–H and O–H groups in total. The summed E-state index contributed by atoms with van der Waals surface area (Å²) in [4.78, 5) is 4.63. The molecule has 3 aromatic heterocycles. The third kappa shape index (κ3) is 4.69. The van der Waals surface area contributed by atoms with Crippen molar-refractivity contribution in [2.24, 2.45) is 0 Å². The van der Waals surface area contributed by atoms with Gasteiger partial charge in [-0.15, -0.1) is 22.7 Å². The molecule has 48 heavy (non-hydrogen) atoms. The summed E-state index contributed by atoms with van der Waals surface area (Å²) in [7, 11) is -3.15. The molecule has 226 valence electrons. The predicted octanol–water partition coefficient (Wildman–Crippen LogP) is 10.7. The molecule has 0 fully saturated rings. The van der Waals surface area contributed by atoms with Gasteiger partial charge in [0.25, 0.3) is 0 Å². The molecule has 0 aliphatic rings. The van der Waals surface area contributed by atoms with E-state index in [0.717, 1.165) is 38.2 Å². The smallest absolute Gasteiger partial charge is 0.172 e. The van der Waals surface area contributed by atoms with Gasteiger partial charge in [-0.1, -0.05) is 78.9 Å². The predicted molar refractivity (Wildman–Crippen MR) is 205 cm³/mol. The molecule has 6 aromatic carbocycles. The van der Waals surface area contributed by atoms with Crippen LogP contribution in [0, 0.1) is 11.3 Å². The molecule has 0 saturated heterocycles. The van der Waals surface area contributed by atoms with E-state index in [0.29, 0.717) is 10.9 Å². The molecule has 3 nitrogen and oxygen atoms in total.